The molecule has 0 N–H and O–H groups in total. The zero-order chi connectivity index (χ0) is 15.8. The van der Waals surface area contributed by atoms with Crippen molar-refractivity contribution in [2.24, 2.45) is 0 Å². The average Bonchev–Trinajstić information content (AvgIpc) is 2.40. The molecule has 0 amide bonds. The SMILES string of the molecule is Fc1cccc(-c2c(C(F)F)cccc2C(F)(F)F)c1F. The van der Waals surface area contributed by atoms with Gasteiger partial charge in [-0.2, -0.15) is 13.2 Å². The van der Waals surface area contributed by atoms with Crippen LogP contribution in [0.5, 0.6) is 0 Å². The lowest BCUT2D eigenvalue weighted by atomic mass is 9.93. The molecule has 0 heterocycles. The predicted octanol–water partition coefficient (Wildman–Crippen LogP) is 5.59. The molecular formula is C14H7F7. The van der Waals surface area contributed by atoms with E-state index in [0.717, 1.165) is 24.3 Å². The van der Waals surface area contributed by atoms with Crippen LogP contribution in [0.15, 0.2) is 36.4 Å². The van der Waals surface area contributed by atoms with Crippen LogP contribution in [0.25, 0.3) is 11.1 Å². The van der Waals surface area contributed by atoms with Gasteiger partial charge in [0.1, 0.15) is 0 Å². The van der Waals surface area contributed by atoms with Crippen molar-refractivity contribution in [2.75, 3.05) is 0 Å². The highest BCUT2D eigenvalue weighted by Gasteiger charge is 2.36. The molecule has 0 nitrogen and oxygen atoms in total. The number of hydrogen-bond acceptors (Lipinski definition) is 0. The topological polar surface area (TPSA) is 0 Å². The number of benzene rings is 2. The maximum absolute atomic E-state index is 13.7. The summed E-state index contributed by atoms with van der Waals surface area (Å²) in [5.74, 6) is -3.01. The smallest absolute Gasteiger partial charge is 0.205 e. The van der Waals surface area contributed by atoms with E-state index in [1.54, 1.807) is 0 Å². The molecule has 2 aromatic rings. The Hall–Kier alpha value is -2.05. The van der Waals surface area contributed by atoms with Gasteiger partial charge >= 0.3 is 6.18 Å². The van der Waals surface area contributed by atoms with E-state index < -0.39 is 46.5 Å². The summed E-state index contributed by atoms with van der Waals surface area (Å²) in [5, 5.41) is 0. The van der Waals surface area contributed by atoms with Crippen LogP contribution >= 0.6 is 0 Å². The summed E-state index contributed by atoms with van der Waals surface area (Å²) < 4.78 is 91.6. The van der Waals surface area contributed by atoms with Gasteiger partial charge in [0.15, 0.2) is 11.6 Å². The monoisotopic (exact) mass is 308 g/mol. The molecular weight excluding hydrogens is 301 g/mol. The van der Waals surface area contributed by atoms with Gasteiger partial charge in [-0.15, -0.1) is 0 Å². The van der Waals surface area contributed by atoms with Gasteiger partial charge in [-0.05, 0) is 12.1 Å². The Morgan fingerprint density at radius 3 is 2.05 bits per heavy atom. The highest BCUT2D eigenvalue weighted by Crippen LogP contribution is 2.42. The molecule has 21 heavy (non-hydrogen) atoms. The molecule has 2 aromatic carbocycles. The highest BCUT2D eigenvalue weighted by molar-refractivity contribution is 5.72. The predicted molar refractivity (Wildman–Crippen MR) is 61.8 cm³/mol. The molecule has 2 rings (SSSR count). The van der Waals surface area contributed by atoms with Crippen molar-refractivity contribution in [2.45, 2.75) is 12.6 Å². The first-order valence-electron chi connectivity index (χ1n) is 5.66. The Balaban J connectivity index is 2.85. The summed E-state index contributed by atoms with van der Waals surface area (Å²) in [5.41, 5.74) is -4.34. The molecule has 0 spiro atoms. The van der Waals surface area contributed by atoms with E-state index in [4.69, 9.17) is 0 Å². The Kier molecular flexibility index (Phi) is 3.93. The third kappa shape index (κ3) is 2.86. The highest BCUT2D eigenvalue weighted by atomic mass is 19.4. The average molecular weight is 308 g/mol. The fourth-order valence-electron chi connectivity index (χ4n) is 1.99. The van der Waals surface area contributed by atoms with Gasteiger partial charge in [0.25, 0.3) is 6.43 Å². The quantitative estimate of drug-likeness (QED) is 0.635. The second-order valence-corrected chi connectivity index (χ2v) is 4.17. The normalized spacial score (nSPS) is 12.0. The first-order chi connectivity index (χ1) is 9.73. The summed E-state index contributed by atoms with van der Waals surface area (Å²) in [4.78, 5) is 0. The lowest BCUT2D eigenvalue weighted by molar-refractivity contribution is -0.137. The summed E-state index contributed by atoms with van der Waals surface area (Å²) in [6.07, 6.45) is -8.23. The molecule has 0 aliphatic heterocycles. The molecule has 0 atom stereocenters. The molecule has 0 fully saturated rings. The van der Waals surface area contributed by atoms with Crippen molar-refractivity contribution >= 4 is 0 Å². The van der Waals surface area contributed by atoms with Crippen LogP contribution in [0.3, 0.4) is 0 Å². The Bertz CT molecular complexity index is 659. The molecule has 0 aromatic heterocycles. The van der Waals surface area contributed by atoms with Crippen molar-refractivity contribution in [1.29, 1.82) is 0 Å². The molecule has 0 bridgehead atoms. The summed E-state index contributed by atoms with van der Waals surface area (Å²) >= 11 is 0. The van der Waals surface area contributed by atoms with Crippen LogP contribution in [-0.2, 0) is 6.18 Å². The van der Waals surface area contributed by atoms with Gasteiger partial charge in [0, 0.05) is 16.7 Å². The van der Waals surface area contributed by atoms with Crippen molar-refractivity contribution in [3.05, 3.63) is 59.2 Å². The molecule has 0 radical (unpaired) electrons. The van der Waals surface area contributed by atoms with Crippen LogP contribution in [0, 0.1) is 11.6 Å². The Labute approximate surface area is 114 Å². The molecule has 7 heteroatoms. The van der Waals surface area contributed by atoms with E-state index in [-0.39, 0.29) is 0 Å². The third-order valence-corrected chi connectivity index (χ3v) is 2.86. The summed E-state index contributed by atoms with van der Waals surface area (Å²) in [6, 6.07) is 4.57. The first-order valence-corrected chi connectivity index (χ1v) is 5.66. The number of hydrogen-bond donors (Lipinski definition) is 0. The summed E-state index contributed by atoms with van der Waals surface area (Å²) in [7, 11) is 0. The van der Waals surface area contributed by atoms with Gasteiger partial charge < -0.3 is 0 Å². The van der Waals surface area contributed by atoms with Gasteiger partial charge in [-0.3, -0.25) is 0 Å². The minimum absolute atomic E-state index is 0.547. The molecule has 112 valence electrons. The van der Waals surface area contributed by atoms with Crippen molar-refractivity contribution in [3.8, 4) is 11.1 Å². The van der Waals surface area contributed by atoms with Crippen LogP contribution in [0.1, 0.15) is 17.6 Å². The fraction of sp³-hybridized carbons (Fsp3) is 0.143. The summed E-state index contributed by atoms with van der Waals surface area (Å²) in [6.45, 7) is 0. The van der Waals surface area contributed by atoms with Crippen LogP contribution in [0.2, 0.25) is 0 Å². The Morgan fingerprint density at radius 2 is 1.48 bits per heavy atom. The lowest BCUT2D eigenvalue weighted by Gasteiger charge is -2.17. The second-order valence-electron chi connectivity index (χ2n) is 4.17. The number of alkyl halides is 5. The fourth-order valence-corrected chi connectivity index (χ4v) is 1.99. The van der Waals surface area contributed by atoms with Gasteiger partial charge in [-0.1, -0.05) is 24.3 Å². The van der Waals surface area contributed by atoms with Crippen molar-refractivity contribution < 1.29 is 30.7 Å². The van der Waals surface area contributed by atoms with E-state index in [2.05, 4.69) is 0 Å². The van der Waals surface area contributed by atoms with E-state index >= 15 is 0 Å². The molecule has 0 saturated carbocycles. The maximum atomic E-state index is 13.7. The minimum Gasteiger partial charge on any atom is -0.205 e. The minimum atomic E-state index is -4.97. The van der Waals surface area contributed by atoms with Crippen molar-refractivity contribution in [3.63, 3.8) is 0 Å². The van der Waals surface area contributed by atoms with Crippen LogP contribution in [-0.4, -0.2) is 0 Å². The first kappa shape index (κ1) is 15.3. The Morgan fingerprint density at radius 1 is 0.857 bits per heavy atom. The van der Waals surface area contributed by atoms with E-state index in [1.165, 1.54) is 0 Å². The van der Waals surface area contributed by atoms with E-state index in [9.17, 15) is 30.7 Å². The van der Waals surface area contributed by atoms with Crippen molar-refractivity contribution in [1.82, 2.24) is 0 Å². The van der Waals surface area contributed by atoms with Crippen LogP contribution < -0.4 is 0 Å². The number of rotatable bonds is 2. The van der Waals surface area contributed by atoms with Gasteiger partial charge in [0.05, 0.1) is 5.56 Å². The lowest BCUT2D eigenvalue weighted by Crippen LogP contribution is -2.10. The zero-order valence-electron chi connectivity index (χ0n) is 10.2. The molecule has 0 aliphatic carbocycles. The van der Waals surface area contributed by atoms with E-state index in [1.807, 2.05) is 0 Å². The second kappa shape index (κ2) is 5.38. The molecule has 0 unspecified atom stereocenters. The van der Waals surface area contributed by atoms with Gasteiger partial charge in [0.2, 0.25) is 0 Å². The van der Waals surface area contributed by atoms with Crippen LogP contribution in [0.4, 0.5) is 30.7 Å². The van der Waals surface area contributed by atoms with E-state index in [0.29, 0.717) is 12.1 Å². The maximum Gasteiger partial charge on any atom is 0.417 e. The third-order valence-electron chi connectivity index (χ3n) is 2.86. The molecule has 0 saturated heterocycles. The largest absolute Gasteiger partial charge is 0.417 e. The number of halogens is 7. The molecule has 0 aliphatic rings. The standard InChI is InChI=1S/C14H7F7/c15-10-6-2-3-7(12(10)16)11-8(13(17)18)4-1-5-9(11)14(19,20)21/h1-6,13H. The van der Waals surface area contributed by atoms with Gasteiger partial charge in [-0.25, -0.2) is 17.6 Å². The zero-order valence-corrected chi connectivity index (χ0v) is 10.2.